The fourth-order valence-corrected chi connectivity index (χ4v) is 3.26. The molecule has 0 heterocycles. The Balaban J connectivity index is 1.58. The maximum atomic E-state index is 10.0. The number of hydrogen-bond acceptors (Lipinski definition) is 3. The topological polar surface area (TPSA) is 35.5 Å². The van der Waals surface area contributed by atoms with Gasteiger partial charge in [-0.2, -0.15) is 0 Å². The summed E-state index contributed by atoms with van der Waals surface area (Å²) in [4.78, 5) is 2.26. The average molecular weight is 296 g/mol. The largest absolute Gasteiger partial charge is 0.508 e. The van der Waals surface area contributed by atoms with Crippen molar-refractivity contribution < 1.29 is 5.11 Å². The van der Waals surface area contributed by atoms with Gasteiger partial charge in [-0.25, -0.2) is 0 Å². The molecule has 0 aromatic heterocycles. The third kappa shape index (κ3) is 3.25. The van der Waals surface area contributed by atoms with Gasteiger partial charge in [0.05, 0.1) is 0 Å². The molecular weight excluding hydrogens is 272 g/mol. The number of anilines is 1. The van der Waals surface area contributed by atoms with E-state index in [1.807, 2.05) is 12.1 Å². The molecule has 0 amide bonds. The van der Waals surface area contributed by atoms with Crippen LogP contribution in [0, 0.1) is 0 Å². The molecule has 3 nitrogen and oxygen atoms in total. The Bertz CT molecular complexity index is 612. The van der Waals surface area contributed by atoms with Crippen LogP contribution >= 0.6 is 0 Å². The number of phenolic OH excluding ortho intramolecular Hbond substituents is 1. The van der Waals surface area contributed by atoms with Crippen LogP contribution in [0.5, 0.6) is 5.75 Å². The summed E-state index contributed by atoms with van der Waals surface area (Å²) in [5.41, 5.74) is 3.64. The summed E-state index contributed by atoms with van der Waals surface area (Å²) in [6, 6.07) is 16.7. The van der Waals surface area contributed by atoms with E-state index in [0.717, 1.165) is 37.9 Å². The fraction of sp³-hybridized carbons (Fsp3) is 0.368. The van der Waals surface area contributed by atoms with E-state index >= 15 is 0 Å². The van der Waals surface area contributed by atoms with Crippen LogP contribution in [0.4, 0.5) is 5.69 Å². The van der Waals surface area contributed by atoms with Crippen molar-refractivity contribution in [2.75, 3.05) is 25.0 Å². The molecule has 0 spiro atoms. The first-order valence-corrected chi connectivity index (χ1v) is 8.06. The van der Waals surface area contributed by atoms with Crippen LogP contribution in [0.1, 0.15) is 30.0 Å². The Morgan fingerprint density at radius 2 is 1.95 bits per heavy atom. The lowest BCUT2D eigenvalue weighted by Crippen LogP contribution is -2.33. The molecule has 0 saturated carbocycles. The predicted octanol–water partition coefficient (Wildman–Crippen LogP) is 3.50. The van der Waals surface area contributed by atoms with Crippen LogP contribution in [-0.4, -0.2) is 25.2 Å². The summed E-state index contributed by atoms with van der Waals surface area (Å²) in [5.74, 6) is 0.449. The van der Waals surface area contributed by atoms with Crippen LogP contribution in [0.25, 0.3) is 0 Å². The minimum absolute atomic E-state index is 0.361. The van der Waals surface area contributed by atoms with Crippen molar-refractivity contribution in [3.63, 3.8) is 0 Å². The van der Waals surface area contributed by atoms with E-state index < -0.39 is 0 Å². The van der Waals surface area contributed by atoms with E-state index in [1.165, 1.54) is 11.3 Å². The van der Waals surface area contributed by atoms with Crippen molar-refractivity contribution in [2.45, 2.75) is 25.3 Å². The molecule has 3 rings (SSSR count). The molecule has 2 aromatic rings. The van der Waals surface area contributed by atoms with Crippen LogP contribution in [0.2, 0.25) is 0 Å². The quantitative estimate of drug-likeness (QED) is 0.886. The Morgan fingerprint density at radius 1 is 1.14 bits per heavy atom. The average Bonchev–Trinajstić information content (AvgIpc) is 2.56. The monoisotopic (exact) mass is 296 g/mol. The summed E-state index contributed by atoms with van der Waals surface area (Å²) in [6.45, 7) is 1.90. The van der Waals surface area contributed by atoms with Gasteiger partial charge in [-0.15, -0.1) is 0 Å². The lowest BCUT2D eigenvalue weighted by Gasteiger charge is -2.28. The first-order chi connectivity index (χ1) is 10.8. The zero-order valence-electron chi connectivity index (χ0n) is 13.1. The SMILES string of the molecule is CN(CCNC1CCCc2c(O)cccc21)c1ccccc1. The first kappa shape index (κ1) is 14.9. The number of para-hydroxylation sites is 1. The Morgan fingerprint density at radius 3 is 2.77 bits per heavy atom. The smallest absolute Gasteiger partial charge is 0.119 e. The molecule has 2 N–H and O–H groups in total. The van der Waals surface area contributed by atoms with Crippen molar-refractivity contribution >= 4 is 5.69 Å². The van der Waals surface area contributed by atoms with Crippen LogP contribution in [-0.2, 0) is 6.42 Å². The van der Waals surface area contributed by atoms with Gasteiger partial charge in [-0.3, -0.25) is 0 Å². The lowest BCUT2D eigenvalue weighted by atomic mass is 9.87. The molecule has 3 heteroatoms. The molecule has 0 fully saturated rings. The fourth-order valence-electron chi connectivity index (χ4n) is 3.26. The minimum Gasteiger partial charge on any atom is -0.508 e. The number of nitrogens with zero attached hydrogens (tertiary/aromatic N) is 1. The molecular formula is C19H24N2O. The van der Waals surface area contributed by atoms with Crippen LogP contribution in [0.3, 0.4) is 0 Å². The van der Waals surface area contributed by atoms with Gasteiger partial charge in [-0.05, 0) is 48.6 Å². The molecule has 1 atom stereocenters. The van der Waals surface area contributed by atoms with E-state index in [9.17, 15) is 5.11 Å². The van der Waals surface area contributed by atoms with Gasteiger partial charge in [-0.1, -0.05) is 30.3 Å². The van der Waals surface area contributed by atoms with E-state index in [2.05, 4.69) is 47.6 Å². The highest BCUT2D eigenvalue weighted by atomic mass is 16.3. The van der Waals surface area contributed by atoms with Crippen LogP contribution in [0.15, 0.2) is 48.5 Å². The Labute approximate surface area is 132 Å². The highest BCUT2D eigenvalue weighted by Crippen LogP contribution is 2.34. The number of hydrogen-bond donors (Lipinski definition) is 2. The predicted molar refractivity (Wildman–Crippen MR) is 91.5 cm³/mol. The lowest BCUT2D eigenvalue weighted by molar-refractivity contribution is 0.432. The first-order valence-electron chi connectivity index (χ1n) is 8.06. The summed E-state index contributed by atoms with van der Waals surface area (Å²) >= 11 is 0. The standard InChI is InChI=1S/C19H24N2O/c1-21(15-7-3-2-4-8-15)14-13-20-18-11-5-10-17-16(18)9-6-12-19(17)22/h2-4,6-9,12,18,20,22H,5,10-11,13-14H2,1H3. The van der Waals surface area contributed by atoms with Crippen molar-refractivity contribution in [3.05, 3.63) is 59.7 Å². The zero-order chi connectivity index (χ0) is 15.4. The molecule has 22 heavy (non-hydrogen) atoms. The number of aromatic hydroxyl groups is 1. The molecule has 1 aliphatic carbocycles. The number of benzene rings is 2. The van der Waals surface area contributed by atoms with Gasteiger partial charge >= 0.3 is 0 Å². The van der Waals surface area contributed by atoms with E-state index in [1.54, 1.807) is 6.07 Å². The molecule has 1 unspecified atom stereocenters. The molecule has 0 saturated heterocycles. The maximum Gasteiger partial charge on any atom is 0.119 e. The van der Waals surface area contributed by atoms with Crippen LogP contribution < -0.4 is 10.2 Å². The van der Waals surface area contributed by atoms with E-state index in [0.29, 0.717) is 11.8 Å². The van der Waals surface area contributed by atoms with E-state index in [4.69, 9.17) is 0 Å². The van der Waals surface area contributed by atoms with Crippen molar-refractivity contribution in [1.82, 2.24) is 5.32 Å². The van der Waals surface area contributed by atoms with Gasteiger partial charge in [0.2, 0.25) is 0 Å². The van der Waals surface area contributed by atoms with Gasteiger partial charge in [0.25, 0.3) is 0 Å². The molecule has 0 aliphatic heterocycles. The highest BCUT2D eigenvalue weighted by molar-refractivity contribution is 5.45. The van der Waals surface area contributed by atoms with Crippen molar-refractivity contribution in [2.24, 2.45) is 0 Å². The van der Waals surface area contributed by atoms with E-state index in [-0.39, 0.29) is 0 Å². The Kier molecular flexibility index (Phi) is 4.64. The molecule has 0 radical (unpaired) electrons. The summed E-state index contributed by atoms with van der Waals surface area (Å²) in [7, 11) is 2.12. The highest BCUT2D eigenvalue weighted by Gasteiger charge is 2.21. The summed E-state index contributed by atoms with van der Waals surface area (Å²) in [6.07, 6.45) is 3.27. The zero-order valence-corrected chi connectivity index (χ0v) is 13.1. The molecule has 116 valence electrons. The number of rotatable bonds is 5. The second-order valence-electron chi connectivity index (χ2n) is 6.00. The van der Waals surface area contributed by atoms with Gasteiger partial charge in [0.15, 0.2) is 0 Å². The maximum absolute atomic E-state index is 10.0. The van der Waals surface area contributed by atoms with Gasteiger partial charge in [0, 0.05) is 31.9 Å². The van der Waals surface area contributed by atoms with Gasteiger partial charge < -0.3 is 15.3 Å². The number of nitrogens with one attached hydrogen (secondary N) is 1. The second kappa shape index (κ2) is 6.84. The molecule has 1 aliphatic rings. The van der Waals surface area contributed by atoms with Gasteiger partial charge in [0.1, 0.15) is 5.75 Å². The minimum atomic E-state index is 0.361. The Hall–Kier alpha value is -2.00. The third-order valence-electron chi connectivity index (χ3n) is 4.52. The third-order valence-corrected chi connectivity index (χ3v) is 4.52. The summed E-state index contributed by atoms with van der Waals surface area (Å²) < 4.78 is 0. The molecule has 2 aromatic carbocycles. The van der Waals surface area contributed by atoms with Crippen molar-refractivity contribution in [1.29, 1.82) is 0 Å². The molecule has 0 bridgehead atoms. The number of phenols is 1. The number of fused-ring (bicyclic) bond motifs is 1. The van der Waals surface area contributed by atoms with Crippen molar-refractivity contribution in [3.8, 4) is 5.75 Å². The summed E-state index contributed by atoms with van der Waals surface area (Å²) in [5, 5.41) is 13.7. The number of likely N-dealkylation sites (N-methyl/N-ethyl adjacent to an activating group) is 1. The normalized spacial score (nSPS) is 17.0. The second-order valence-corrected chi connectivity index (χ2v) is 6.00.